The summed E-state index contributed by atoms with van der Waals surface area (Å²) >= 11 is 5.82. The maximum Gasteiger partial charge on any atom is 0.319 e. The number of halogens is 1. The van der Waals surface area contributed by atoms with Crippen LogP contribution in [0.3, 0.4) is 0 Å². The van der Waals surface area contributed by atoms with Crippen LogP contribution >= 0.6 is 11.6 Å². The van der Waals surface area contributed by atoms with E-state index in [2.05, 4.69) is 10.6 Å². The van der Waals surface area contributed by atoms with Crippen LogP contribution in [0, 0.1) is 6.92 Å². The van der Waals surface area contributed by atoms with Crippen LogP contribution in [0.5, 0.6) is 0 Å². The Bertz CT molecular complexity index is 396. The van der Waals surface area contributed by atoms with Crippen molar-refractivity contribution in [3.05, 3.63) is 28.8 Å². The Hall–Kier alpha value is -1.26. The first-order chi connectivity index (χ1) is 8.02. The lowest BCUT2D eigenvalue weighted by Gasteiger charge is -2.14. The number of rotatable bonds is 4. The van der Waals surface area contributed by atoms with Gasteiger partial charge in [0.25, 0.3) is 0 Å². The summed E-state index contributed by atoms with van der Waals surface area (Å²) in [6, 6.07) is 4.92. The average molecular weight is 257 g/mol. The zero-order chi connectivity index (χ0) is 12.8. The second kappa shape index (κ2) is 6.47. The first-order valence-corrected chi connectivity index (χ1v) is 5.85. The molecule has 0 saturated carbocycles. The molecular formula is C12H17ClN2O2. The number of aryl methyl sites for hydroxylation is 1. The molecule has 0 unspecified atom stereocenters. The summed E-state index contributed by atoms with van der Waals surface area (Å²) < 4.78 is 0. The maximum atomic E-state index is 11.6. The Balaban J connectivity index is 2.56. The number of benzene rings is 1. The highest BCUT2D eigenvalue weighted by Gasteiger charge is 2.08. The Morgan fingerprint density at radius 2 is 2.24 bits per heavy atom. The van der Waals surface area contributed by atoms with Gasteiger partial charge in [0.15, 0.2) is 0 Å². The summed E-state index contributed by atoms with van der Waals surface area (Å²) in [5.74, 6) is 0. The summed E-state index contributed by atoms with van der Waals surface area (Å²) in [5.41, 5.74) is 1.63. The number of carbonyl (C=O) groups is 1. The fraction of sp³-hybridized carbons (Fsp3) is 0.417. The van der Waals surface area contributed by atoms with E-state index in [1.807, 2.05) is 13.8 Å². The van der Waals surface area contributed by atoms with E-state index in [-0.39, 0.29) is 18.7 Å². The summed E-state index contributed by atoms with van der Waals surface area (Å²) in [6.07, 6.45) is 0.535. The zero-order valence-corrected chi connectivity index (χ0v) is 10.7. The van der Waals surface area contributed by atoms with Crippen molar-refractivity contribution in [3.8, 4) is 0 Å². The molecule has 3 N–H and O–H groups in total. The van der Waals surface area contributed by atoms with Crippen molar-refractivity contribution in [1.29, 1.82) is 0 Å². The number of amides is 2. The molecule has 0 aliphatic heterocycles. The van der Waals surface area contributed by atoms with Gasteiger partial charge in [-0.25, -0.2) is 4.79 Å². The van der Waals surface area contributed by atoms with E-state index >= 15 is 0 Å². The van der Waals surface area contributed by atoms with E-state index in [1.165, 1.54) is 0 Å². The van der Waals surface area contributed by atoms with Gasteiger partial charge in [0.2, 0.25) is 0 Å². The van der Waals surface area contributed by atoms with Gasteiger partial charge in [0.05, 0.1) is 0 Å². The zero-order valence-electron chi connectivity index (χ0n) is 9.96. The van der Waals surface area contributed by atoms with E-state index in [0.29, 0.717) is 11.4 Å². The molecular weight excluding hydrogens is 240 g/mol. The Morgan fingerprint density at radius 3 is 2.82 bits per heavy atom. The molecule has 1 atom stereocenters. The van der Waals surface area contributed by atoms with Gasteiger partial charge >= 0.3 is 6.03 Å². The van der Waals surface area contributed by atoms with Gasteiger partial charge in [-0.05, 0) is 44.0 Å². The Morgan fingerprint density at radius 1 is 1.53 bits per heavy atom. The van der Waals surface area contributed by atoms with Crippen molar-refractivity contribution >= 4 is 23.3 Å². The highest BCUT2D eigenvalue weighted by atomic mass is 35.5. The quantitative estimate of drug-likeness (QED) is 0.775. The second-order valence-corrected chi connectivity index (χ2v) is 4.41. The molecule has 1 aromatic carbocycles. The molecule has 2 amide bonds. The minimum atomic E-state index is -0.281. The number of urea groups is 1. The van der Waals surface area contributed by atoms with Crippen LogP contribution in [0.2, 0.25) is 5.02 Å². The normalized spacial score (nSPS) is 12.0. The fourth-order valence-corrected chi connectivity index (χ4v) is 1.64. The monoisotopic (exact) mass is 256 g/mol. The molecule has 17 heavy (non-hydrogen) atoms. The second-order valence-electron chi connectivity index (χ2n) is 3.97. The number of hydrogen-bond acceptors (Lipinski definition) is 2. The lowest BCUT2D eigenvalue weighted by atomic mass is 10.2. The number of aliphatic hydroxyl groups excluding tert-OH is 1. The molecule has 0 aliphatic rings. The minimum absolute atomic E-state index is 0.0570. The molecule has 0 radical (unpaired) electrons. The van der Waals surface area contributed by atoms with Gasteiger partial charge in [-0.1, -0.05) is 11.6 Å². The van der Waals surface area contributed by atoms with Crippen LogP contribution in [0.25, 0.3) is 0 Å². The van der Waals surface area contributed by atoms with Crippen molar-refractivity contribution < 1.29 is 9.90 Å². The predicted octanol–water partition coefficient (Wildman–Crippen LogP) is 2.54. The van der Waals surface area contributed by atoms with Crippen molar-refractivity contribution in [3.63, 3.8) is 0 Å². The molecule has 0 heterocycles. The first-order valence-electron chi connectivity index (χ1n) is 5.47. The van der Waals surface area contributed by atoms with Gasteiger partial charge in [-0.15, -0.1) is 0 Å². The molecule has 5 heteroatoms. The van der Waals surface area contributed by atoms with Gasteiger partial charge in [-0.2, -0.15) is 0 Å². The minimum Gasteiger partial charge on any atom is -0.396 e. The third-order valence-electron chi connectivity index (χ3n) is 2.38. The van der Waals surface area contributed by atoms with Crippen molar-refractivity contribution in [2.45, 2.75) is 26.3 Å². The van der Waals surface area contributed by atoms with Crippen molar-refractivity contribution in [2.24, 2.45) is 0 Å². The topological polar surface area (TPSA) is 61.4 Å². The summed E-state index contributed by atoms with van der Waals surface area (Å²) in [6.45, 7) is 3.77. The molecule has 0 aliphatic carbocycles. The van der Waals surface area contributed by atoms with Crippen LogP contribution in [-0.4, -0.2) is 23.8 Å². The molecule has 94 valence electrons. The predicted molar refractivity (Wildman–Crippen MR) is 69.5 cm³/mol. The highest BCUT2D eigenvalue weighted by Crippen LogP contribution is 2.19. The first kappa shape index (κ1) is 13.8. The Labute approximate surface area is 106 Å². The van der Waals surface area contributed by atoms with Crippen LogP contribution in [0.4, 0.5) is 10.5 Å². The number of carbonyl (C=O) groups excluding carboxylic acids is 1. The smallest absolute Gasteiger partial charge is 0.319 e. The molecule has 0 aromatic heterocycles. The molecule has 0 saturated heterocycles. The van der Waals surface area contributed by atoms with Gasteiger partial charge in [-0.3, -0.25) is 0 Å². The molecule has 0 fully saturated rings. The fourth-order valence-electron chi connectivity index (χ4n) is 1.42. The third kappa shape index (κ3) is 4.63. The van der Waals surface area contributed by atoms with Gasteiger partial charge in [0.1, 0.15) is 0 Å². The molecule has 1 aromatic rings. The molecule has 1 rings (SSSR count). The van der Waals surface area contributed by atoms with E-state index in [4.69, 9.17) is 16.7 Å². The van der Waals surface area contributed by atoms with Crippen LogP contribution in [0.15, 0.2) is 18.2 Å². The highest BCUT2D eigenvalue weighted by molar-refractivity contribution is 6.30. The van der Waals surface area contributed by atoms with Gasteiger partial charge < -0.3 is 15.7 Å². The summed E-state index contributed by atoms with van der Waals surface area (Å²) in [7, 11) is 0. The van der Waals surface area contributed by atoms with E-state index in [0.717, 1.165) is 11.3 Å². The largest absolute Gasteiger partial charge is 0.396 e. The van der Waals surface area contributed by atoms with E-state index in [1.54, 1.807) is 18.2 Å². The molecule has 0 bridgehead atoms. The third-order valence-corrected chi connectivity index (χ3v) is 2.61. The number of hydrogen-bond donors (Lipinski definition) is 3. The van der Waals surface area contributed by atoms with Crippen LogP contribution in [-0.2, 0) is 0 Å². The number of aliphatic hydroxyl groups is 1. The summed E-state index contributed by atoms with van der Waals surface area (Å²) in [5, 5.41) is 14.8. The SMILES string of the molecule is Cc1cc(Cl)ccc1NC(=O)N[C@H](C)CCO. The van der Waals surface area contributed by atoms with Crippen LogP contribution < -0.4 is 10.6 Å². The number of nitrogens with one attached hydrogen (secondary N) is 2. The van der Waals surface area contributed by atoms with Crippen molar-refractivity contribution in [1.82, 2.24) is 5.32 Å². The lowest BCUT2D eigenvalue weighted by molar-refractivity contribution is 0.241. The van der Waals surface area contributed by atoms with Crippen LogP contribution in [0.1, 0.15) is 18.9 Å². The maximum absolute atomic E-state index is 11.6. The van der Waals surface area contributed by atoms with Gasteiger partial charge in [0, 0.05) is 23.4 Å². The van der Waals surface area contributed by atoms with E-state index < -0.39 is 0 Å². The number of anilines is 1. The van der Waals surface area contributed by atoms with Crippen molar-refractivity contribution in [2.75, 3.05) is 11.9 Å². The molecule has 0 spiro atoms. The average Bonchev–Trinajstić information content (AvgIpc) is 2.22. The molecule has 4 nitrogen and oxygen atoms in total. The standard InChI is InChI=1S/C12H17ClN2O2/c1-8-7-10(13)3-4-11(8)15-12(17)14-9(2)5-6-16/h3-4,7,9,16H,5-6H2,1-2H3,(H2,14,15,17)/t9-/m1/s1. The Kier molecular flexibility index (Phi) is 5.25. The summed E-state index contributed by atoms with van der Waals surface area (Å²) in [4.78, 5) is 11.6. The lowest BCUT2D eigenvalue weighted by Crippen LogP contribution is -2.36. The van der Waals surface area contributed by atoms with E-state index in [9.17, 15) is 4.79 Å².